The molecule has 2 aromatic rings. The number of sulfone groups is 1. The Hall–Kier alpha value is -2.42. The van der Waals surface area contributed by atoms with E-state index in [1.807, 2.05) is 13.1 Å². The third-order valence-electron chi connectivity index (χ3n) is 4.30. The van der Waals surface area contributed by atoms with Gasteiger partial charge in [0, 0.05) is 45.3 Å². The van der Waals surface area contributed by atoms with Gasteiger partial charge in [-0.1, -0.05) is 6.07 Å². The van der Waals surface area contributed by atoms with Crippen LogP contribution in [0.15, 0.2) is 35.6 Å². The van der Waals surface area contributed by atoms with Gasteiger partial charge in [0.2, 0.25) is 0 Å². The van der Waals surface area contributed by atoms with Crippen molar-refractivity contribution < 1.29 is 12.8 Å². The van der Waals surface area contributed by atoms with Gasteiger partial charge in [-0.3, -0.25) is 4.99 Å². The third kappa shape index (κ3) is 7.30. The van der Waals surface area contributed by atoms with E-state index in [2.05, 4.69) is 25.2 Å². The lowest BCUT2D eigenvalue weighted by Gasteiger charge is -2.14. The summed E-state index contributed by atoms with van der Waals surface area (Å²) in [4.78, 5) is 8.36. The van der Waals surface area contributed by atoms with Crippen LogP contribution in [0.1, 0.15) is 29.8 Å². The molecular weight excluding hydrogens is 381 g/mol. The first-order chi connectivity index (χ1) is 13.3. The van der Waals surface area contributed by atoms with E-state index in [0.717, 1.165) is 31.8 Å². The number of hydrogen-bond donors (Lipinski definition) is 2. The number of benzene rings is 1. The molecule has 1 heterocycles. The van der Waals surface area contributed by atoms with Crippen LogP contribution in [0.2, 0.25) is 0 Å². The molecule has 0 saturated carbocycles. The van der Waals surface area contributed by atoms with Crippen molar-refractivity contribution in [3.8, 4) is 0 Å². The van der Waals surface area contributed by atoms with E-state index in [1.165, 1.54) is 24.5 Å². The van der Waals surface area contributed by atoms with Crippen molar-refractivity contribution in [2.45, 2.75) is 38.6 Å². The van der Waals surface area contributed by atoms with Crippen LogP contribution in [-0.2, 0) is 28.7 Å². The van der Waals surface area contributed by atoms with Gasteiger partial charge in [0.05, 0.1) is 5.75 Å². The fraction of sp³-hybridized carbons (Fsp3) is 0.474. The van der Waals surface area contributed by atoms with E-state index < -0.39 is 15.7 Å². The number of aliphatic imine (C=N–C) groups is 1. The second kappa shape index (κ2) is 10.2. The summed E-state index contributed by atoms with van der Waals surface area (Å²) < 4.78 is 38.9. The van der Waals surface area contributed by atoms with E-state index in [4.69, 9.17) is 0 Å². The van der Waals surface area contributed by atoms with Gasteiger partial charge in [-0.15, -0.1) is 0 Å². The molecular formula is C19H28FN5O2S. The Kier molecular flexibility index (Phi) is 7.98. The lowest BCUT2D eigenvalue weighted by Crippen LogP contribution is -2.37. The molecule has 0 saturated heterocycles. The molecule has 0 fully saturated rings. The van der Waals surface area contributed by atoms with Crippen molar-refractivity contribution >= 4 is 15.8 Å². The number of guanidine groups is 1. The van der Waals surface area contributed by atoms with Crippen LogP contribution in [0.3, 0.4) is 0 Å². The predicted octanol–water partition coefficient (Wildman–Crippen LogP) is 2.02. The number of nitrogens with zero attached hydrogens (tertiary/aromatic N) is 3. The van der Waals surface area contributed by atoms with Gasteiger partial charge in [0.25, 0.3) is 0 Å². The monoisotopic (exact) mass is 409 g/mol. The summed E-state index contributed by atoms with van der Waals surface area (Å²) >= 11 is 0. The maximum atomic E-state index is 13.6. The molecule has 7 nitrogen and oxygen atoms in total. The van der Waals surface area contributed by atoms with Crippen molar-refractivity contribution in [2.75, 3.05) is 19.8 Å². The highest BCUT2D eigenvalue weighted by Gasteiger charge is 2.11. The minimum atomic E-state index is -3.20. The topological polar surface area (TPSA) is 88.4 Å². The summed E-state index contributed by atoms with van der Waals surface area (Å²) in [7, 11) is -1.54. The molecule has 154 valence electrons. The van der Waals surface area contributed by atoms with E-state index in [9.17, 15) is 12.8 Å². The smallest absolute Gasteiger partial charge is 0.191 e. The zero-order chi connectivity index (χ0) is 20.6. The van der Waals surface area contributed by atoms with Gasteiger partial charge >= 0.3 is 0 Å². The van der Waals surface area contributed by atoms with Crippen LogP contribution in [-0.4, -0.2) is 43.8 Å². The number of imidazole rings is 1. The standard InChI is InChI=1S/C19H28FN5O2S/c1-15-22-9-11-25(15)10-5-4-8-23-19(21-2)24-13-17-12-18(20)7-6-16(17)14-28(3,26)27/h6-7,9,11-12H,4-5,8,10,13-14H2,1-3H3,(H2,21,23,24). The average Bonchev–Trinajstić information content (AvgIpc) is 3.03. The Morgan fingerprint density at radius 3 is 2.68 bits per heavy atom. The van der Waals surface area contributed by atoms with E-state index in [0.29, 0.717) is 17.1 Å². The molecule has 0 aliphatic heterocycles. The molecule has 1 aromatic heterocycles. The molecule has 0 aliphatic rings. The molecule has 0 amide bonds. The minimum absolute atomic E-state index is 0.121. The van der Waals surface area contributed by atoms with Crippen molar-refractivity contribution in [3.63, 3.8) is 0 Å². The first-order valence-corrected chi connectivity index (χ1v) is 11.2. The number of rotatable bonds is 9. The lowest BCUT2D eigenvalue weighted by molar-refractivity contribution is 0.588. The summed E-state index contributed by atoms with van der Waals surface area (Å²) in [5, 5.41) is 6.33. The Morgan fingerprint density at radius 1 is 1.25 bits per heavy atom. The highest BCUT2D eigenvalue weighted by molar-refractivity contribution is 7.89. The first kappa shape index (κ1) is 21.9. The highest BCUT2D eigenvalue weighted by Crippen LogP contribution is 2.14. The SMILES string of the molecule is CN=C(NCCCCn1ccnc1C)NCc1cc(F)ccc1CS(C)(=O)=O. The van der Waals surface area contributed by atoms with Gasteiger partial charge in [-0.25, -0.2) is 17.8 Å². The number of aromatic nitrogens is 2. The summed E-state index contributed by atoms with van der Waals surface area (Å²) in [5.41, 5.74) is 1.19. The Balaban J connectivity index is 1.82. The Morgan fingerprint density at radius 2 is 2.04 bits per heavy atom. The number of hydrogen-bond acceptors (Lipinski definition) is 4. The number of nitrogens with one attached hydrogen (secondary N) is 2. The average molecular weight is 410 g/mol. The number of unbranched alkanes of at least 4 members (excludes halogenated alkanes) is 1. The second-order valence-electron chi connectivity index (χ2n) is 6.71. The predicted molar refractivity (Wildman–Crippen MR) is 109 cm³/mol. The number of halogens is 1. The van der Waals surface area contributed by atoms with Gasteiger partial charge in [-0.05, 0) is 43.0 Å². The van der Waals surface area contributed by atoms with Gasteiger partial charge in [0.1, 0.15) is 11.6 Å². The number of aryl methyl sites for hydroxylation is 2. The van der Waals surface area contributed by atoms with Crippen LogP contribution < -0.4 is 10.6 Å². The van der Waals surface area contributed by atoms with E-state index >= 15 is 0 Å². The van der Waals surface area contributed by atoms with Crippen LogP contribution >= 0.6 is 0 Å². The zero-order valence-corrected chi connectivity index (χ0v) is 17.4. The van der Waals surface area contributed by atoms with Crippen molar-refractivity contribution in [1.82, 2.24) is 20.2 Å². The van der Waals surface area contributed by atoms with Crippen molar-refractivity contribution in [3.05, 3.63) is 53.4 Å². The molecule has 0 radical (unpaired) electrons. The fourth-order valence-corrected chi connectivity index (χ4v) is 3.68. The zero-order valence-electron chi connectivity index (χ0n) is 16.6. The maximum absolute atomic E-state index is 13.6. The van der Waals surface area contributed by atoms with Crippen LogP contribution in [0.25, 0.3) is 0 Å². The molecule has 2 N–H and O–H groups in total. The molecule has 0 aliphatic carbocycles. The molecule has 9 heteroatoms. The molecule has 0 unspecified atom stereocenters. The van der Waals surface area contributed by atoms with E-state index in [1.54, 1.807) is 13.2 Å². The summed E-state index contributed by atoms with van der Waals surface area (Å²) in [6.07, 6.45) is 6.89. The van der Waals surface area contributed by atoms with Crippen molar-refractivity contribution in [1.29, 1.82) is 0 Å². The highest BCUT2D eigenvalue weighted by atomic mass is 32.2. The molecule has 1 aromatic carbocycles. The van der Waals surface area contributed by atoms with Crippen LogP contribution in [0.4, 0.5) is 4.39 Å². The van der Waals surface area contributed by atoms with E-state index in [-0.39, 0.29) is 12.3 Å². The molecule has 2 rings (SSSR count). The first-order valence-electron chi connectivity index (χ1n) is 9.16. The largest absolute Gasteiger partial charge is 0.356 e. The quantitative estimate of drug-likeness (QED) is 0.376. The molecule has 0 atom stereocenters. The minimum Gasteiger partial charge on any atom is -0.356 e. The molecule has 28 heavy (non-hydrogen) atoms. The van der Waals surface area contributed by atoms with Crippen LogP contribution in [0, 0.1) is 12.7 Å². The summed E-state index contributed by atoms with van der Waals surface area (Å²) in [6.45, 7) is 3.93. The Bertz CT molecular complexity index is 909. The van der Waals surface area contributed by atoms with Gasteiger partial charge in [-0.2, -0.15) is 0 Å². The van der Waals surface area contributed by atoms with Gasteiger partial charge < -0.3 is 15.2 Å². The Labute approximate surface area is 166 Å². The fourth-order valence-electron chi connectivity index (χ4n) is 2.84. The normalized spacial score (nSPS) is 12.2. The summed E-state index contributed by atoms with van der Waals surface area (Å²) in [6, 6.07) is 4.15. The molecule has 0 spiro atoms. The van der Waals surface area contributed by atoms with Gasteiger partial charge in [0.15, 0.2) is 15.8 Å². The molecule has 0 bridgehead atoms. The summed E-state index contributed by atoms with van der Waals surface area (Å²) in [5.74, 6) is 1.08. The second-order valence-corrected chi connectivity index (χ2v) is 8.85. The lowest BCUT2D eigenvalue weighted by atomic mass is 10.1. The maximum Gasteiger partial charge on any atom is 0.191 e. The third-order valence-corrected chi connectivity index (χ3v) is 5.13. The van der Waals surface area contributed by atoms with Crippen molar-refractivity contribution in [2.24, 2.45) is 4.99 Å². The van der Waals surface area contributed by atoms with Crippen LogP contribution in [0.5, 0.6) is 0 Å².